The minimum absolute atomic E-state index is 0.281. The summed E-state index contributed by atoms with van der Waals surface area (Å²) in [5.41, 5.74) is 11.2. The molecule has 4 N–H and O–H groups in total. The summed E-state index contributed by atoms with van der Waals surface area (Å²) in [5, 5.41) is 0. The Hall–Kier alpha value is -3.46. The third-order valence-corrected chi connectivity index (χ3v) is 3.87. The van der Waals surface area contributed by atoms with Crippen molar-refractivity contribution in [3.05, 3.63) is 47.5 Å². The van der Waals surface area contributed by atoms with Gasteiger partial charge < -0.3 is 35.2 Å². The number of benzene rings is 2. The normalized spacial score (nSPS) is 10.3. The number of methoxy groups -OCH3 is 2. The van der Waals surface area contributed by atoms with Crippen LogP contribution in [0.3, 0.4) is 0 Å². The maximum atomic E-state index is 11.2. The summed E-state index contributed by atoms with van der Waals surface area (Å²) >= 11 is 0. The summed E-state index contributed by atoms with van der Waals surface area (Å²) in [6.07, 6.45) is 0. The van der Waals surface area contributed by atoms with Crippen molar-refractivity contribution in [2.45, 2.75) is 0 Å². The van der Waals surface area contributed by atoms with E-state index in [1.807, 2.05) is 0 Å². The maximum absolute atomic E-state index is 11.2. The van der Waals surface area contributed by atoms with Crippen molar-refractivity contribution in [1.82, 2.24) is 0 Å². The van der Waals surface area contributed by atoms with Gasteiger partial charge in [-0.15, -0.1) is 0 Å². The Bertz CT molecular complexity index is 785. The molecule has 2 rings (SSSR count). The second-order valence-corrected chi connectivity index (χ2v) is 5.77. The second-order valence-electron chi connectivity index (χ2n) is 5.77. The molecule has 29 heavy (non-hydrogen) atoms. The highest BCUT2D eigenvalue weighted by atomic mass is 16.6. The zero-order chi connectivity index (χ0) is 21.2. The van der Waals surface area contributed by atoms with Crippen LogP contribution in [-0.2, 0) is 4.74 Å². The number of hydrogen-bond donors (Lipinski definition) is 2. The predicted octanol–water partition coefficient (Wildman–Crippen LogP) is 1.38. The monoisotopic (exact) mass is 404 g/mol. The fraction of sp³-hybridized carbons (Fsp3) is 0.300. The Kier molecular flexibility index (Phi) is 8.11. The van der Waals surface area contributed by atoms with Gasteiger partial charge in [0.15, 0.2) is 23.0 Å². The van der Waals surface area contributed by atoms with E-state index < -0.39 is 11.8 Å². The summed E-state index contributed by atoms with van der Waals surface area (Å²) in [7, 11) is 2.95. The Morgan fingerprint density at radius 1 is 0.690 bits per heavy atom. The molecular formula is C20H24N2O7. The number of rotatable bonds is 12. The van der Waals surface area contributed by atoms with Gasteiger partial charge in [0.2, 0.25) is 11.8 Å². The lowest BCUT2D eigenvalue weighted by Crippen LogP contribution is -2.14. The molecule has 0 saturated carbocycles. The largest absolute Gasteiger partial charge is 0.493 e. The molecule has 0 aliphatic carbocycles. The quantitative estimate of drug-likeness (QED) is 0.511. The van der Waals surface area contributed by atoms with Crippen LogP contribution in [0, 0.1) is 0 Å². The van der Waals surface area contributed by atoms with Gasteiger partial charge in [-0.25, -0.2) is 0 Å². The standard InChI is InChI=1S/C20H24N2O7/c1-25-17-11-13(19(21)23)3-5-15(17)28-9-7-27-8-10-29-16-6-4-14(20(22)24)12-18(16)26-2/h3-6,11-12H,7-10H2,1-2H3,(H2,21,23)(H2,22,24). The van der Waals surface area contributed by atoms with E-state index in [-0.39, 0.29) is 13.2 Å². The molecular weight excluding hydrogens is 380 g/mol. The average molecular weight is 404 g/mol. The highest BCUT2D eigenvalue weighted by Crippen LogP contribution is 2.28. The fourth-order valence-electron chi connectivity index (χ4n) is 2.40. The van der Waals surface area contributed by atoms with Crippen LogP contribution in [0.1, 0.15) is 20.7 Å². The summed E-state index contributed by atoms with van der Waals surface area (Å²) < 4.78 is 27.0. The third kappa shape index (κ3) is 6.28. The molecule has 0 atom stereocenters. The van der Waals surface area contributed by atoms with Gasteiger partial charge in [-0.2, -0.15) is 0 Å². The maximum Gasteiger partial charge on any atom is 0.248 e. The van der Waals surface area contributed by atoms with Gasteiger partial charge in [0.05, 0.1) is 27.4 Å². The minimum atomic E-state index is -0.543. The summed E-state index contributed by atoms with van der Waals surface area (Å²) in [5.74, 6) is 0.707. The molecule has 0 aromatic heterocycles. The molecule has 0 fully saturated rings. The Morgan fingerprint density at radius 3 is 1.45 bits per heavy atom. The SMILES string of the molecule is COc1cc(C(N)=O)ccc1OCCOCCOc1ccc(C(N)=O)cc1OC. The van der Waals surface area contributed by atoms with E-state index in [9.17, 15) is 9.59 Å². The lowest BCUT2D eigenvalue weighted by atomic mass is 10.2. The van der Waals surface area contributed by atoms with Gasteiger partial charge in [0.25, 0.3) is 0 Å². The lowest BCUT2D eigenvalue weighted by Gasteiger charge is -2.13. The van der Waals surface area contributed by atoms with Gasteiger partial charge in [-0.1, -0.05) is 0 Å². The van der Waals surface area contributed by atoms with Crippen LogP contribution >= 0.6 is 0 Å². The topological polar surface area (TPSA) is 132 Å². The van der Waals surface area contributed by atoms with Crippen LogP contribution in [0.5, 0.6) is 23.0 Å². The first-order valence-corrected chi connectivity index (χ1v) is 8.75. The number of carbonyl (C=O) groups is 2. The van der Waals surface area contributed by atoms with E-state index in [0.717, 1.165) is 0 Å². The second kappa shape index (κ2) is 10.8. The van der Waals surface area contributed by atoms with E-state index in [4.69, 9.17) is 35.2 Å². The van der Waals surface area contributed by atoms with Crippen LogP contribution in [0.25, 0.3) is 0 Å². The van der Waals surface area contributed by atoms with E-state index in [0.29, 0.717) is 47.3 Å². The van der Waals surface area contributed by atoms with Gasteiger partial charge in [0.1, 0.15) is 13.2 Å². The molecule has 0 bridgehead atoms. The average Bonchev–Trinajstić information content (AvgIpc) is 2.72. The van der Waals surface area contributed by atoms with E-state index >= 15 is 0 Å². The summed E-state index contributed by atoms with van der Waals surface area (Å²) in [4.78, 5) is 22.4. The molecule has 156 valence electrons. The molecule has 2 aromatic carbocycles. The van der Waals surface area contributed by atoms with Crippen LogP contribution in [0.15, 0.2) is 36.4 Å². The number of nitrogens with two attached hydrogens (primary N) is 2. The zero-order valence-electron chi connectivity index (χ0n) is 16.3. The first-order valence-electron chi connectivity index (χ1n) is 8.75. The number of hydrogen-bond acceptors (Lipinski definition) is 7. The van der Waals surface area contributed by atoms with Crippen LogP contribution < -0.4 is 30.4 Å². The number of amides is 2. The lowest BCUT2D eigenvalue weighted by molar-refractivity contribution is 0.0750. The van der Waals surface area contributed by atoms with Gasteiger partial charge in [-0.3, -0.25) is 9.59 Å². The van der Waals surface area contributed by atoms with Crippen LogP contribution in [0.4, 0.5) is 0 Å². The molecule has 0 heterocycles. The van der Waals surface area contributed by atoms with Crippen LogP contribution in [0.2, 0.25) is 0 Å². The number of carbonyl (C=O) groups excluding carboxylic acids is 2. The van der Waals surface area contributed by atoms with Gasteiger partial charge in [0, 0.05) is 11.1 Å². The first-order chi connectivity index (χ1) is 14.0. The molecule has 2 aromatic rings. The van der Waals surface area contributed by atoms with Crippen molar-refractivity contribution in [3.63, 3.8) is 0 Å². The molecule has 9 nitrogen and oxygen atoms in total. The zero-order valence-corrected chi connectivity index (χ0v) is 16.3. The van der Waals surface area contributed by atoms with Gasteiger partial charge >= 0.3 is 0 Å². The van der Waals surface area contributed by atoms with E-state index in [1.165, 1.54) is 26.4 Å². The Balaban J connectivity index is 1.73. The van der Waals surface area contributed by atoms with E-state index in [1.54, 1.807) is 24.3 Å². The third-order valence-electron chi connectivity index (χ3n) is 3.87. The van der Waals surface area contributed by atoms with E-state index in [2.05, 4.69) is 0 Å². The molecule has 2 amide bonds. The fourth-order valence-corrected chi connectivity index (χ4v) is 2.40. The van der Waals surface area contributed by atoms with Crippen molar-refractivity contribution >= 4 is 11.8 Å². The highest BCUT2D eigenvalue weighted by molar-refractivity contribution is 5.94. The van der Waals surface area contributed by atoms with Crippen molar-refractivity contribution in [1.29, 1.82) is 0 Å². The minimum Gasteiger partial charge on any atom is -0.493 e. The van der Waals surface area contributed by atoms with Crippen molar-refractivity contribution in [2.75, 3.05) is 40.6 Å². The Morgan fingerprint density at radius 2 is 1.10 bits per heavy atom. The highest BCUT2D eigenvalue weighted by Gasteiger charge is 2.10. The molecule has 0 unspecified atom stereocenters. The number of ether oxygens (including phenoxy) is 5. The molecule has 0 radical (unpaired) electrons. The van der Waals surface area contributed by atoms with Crippen molar-refractivity contribution in [3.8, 4) is 23.0 Å². The predicted molar refractivity (Wildman–Crippen MR) is 105 cm³/mol. The molecule has 0 aliphatic rings. The Labute approximate surface area is 168 Å². The van der Waals surface area contributed by atoms with Crippen molar-refractivity contribution in [2.24, 2.45) is 11.5 Å². The summed E-state index contributed by atoms with van der Waals surface area (Å²) in [6, 6.07) is 9.39. The molecule has 0 aliphatic heterocycles. The van der Waals surface area contributed by atoms with Crippen molar-refractivity contribution < 1.29 is 33.3 Å². The van der Waals surface area contributed by atoms with Gasteiger partial charge in [-0.05, 0) is 36.4 Å². The summed E-state index contributed by atoms with van der Waals surface area (Å²) in [6.45, 7) is 1.20. The van der Waals surface area contributed by atoms with Crippen LogP contribution in [-0.4, -0.2) is 52.5 Å². The number of primary amides is 2. The molecule has 9 heteroatoms. The molecule has 0 saturated heterocycles. The smallest absolute Gasteiger partial charge is 0.248 e. The first kappa shape index (κ1) is 21.8. The molecule has 0 spiro atoms.